The molecule has 0 fully saturated rings. The van der Waals surface area contributed by atoms with Crippen molar-refractivity contribution >= 4 is 5.97 Å². The molecule has 0 aromatic heterocycles. The fraction of sp³-hybridized carbons (Fsp3) is 0.700. The summed E-state index contributed by atoms with van der Waals surface area (Å²) in [5, 5.41) is 0. The molecule has 0 radical (unpaired) electrons. The first kappa shape index (κ1) is 12.2. The lowest BCUT2D eigenvalue weighted by Gasteiger charge is -2.19. The Morgan fingerprint density at radius 2 is 2.08 bits per heavy atom. The average molecular weight is 186 g/mol. The van der Waals surface area contributed by atoms with E-state index in [1.807, 2.05) is 20.8 Å². The zero-order chi connectivity index (χ0) is 10.3. The minimum absolute atomic E-state index is 0.225. The summed E-state index contributed by atoms with van der Waals surface area (Å²) in [5.41, 5.74) is -0.407. The smallest absolute Gasteiger partial charge is 0.308 e. The third-order valence-electron chi connectivity index (χ3n) is 1.11. The molecule has 0 aliphatic heterocycles. The number of carbonyl (C=O) groups excluding carboxylic acids is 1. The van der Waals surface area contributed by atoms with E-state index < -0.39 is 5.60 Å². The molecule has 0 heterocycles. The lowest BCUT2D eigenvalue weighted by molar-refractivity contribution is -0.155. The highest BCUT2D eigenvalue weighted by Gasteiger charge is 2.15. The van der Waals surface area contributed by atoms with E-state index in [-0.39, 0.29) is 5.97 Å². The number of carbonyl (C=O) groups is 1. The predicted molar refractivity (Wildman–Crippen MR) is 51.5 cm³/mol. The van der Waals surface area contributed by atoms with Crippen LogP contribution in [-0.2, 0) is 14.3 Å². The van der Waals surface area contributed by atoms with Gasteiger partial charge in [0.05, 0.1) is 19.6 Å². The molecule has 13 heavy (non-hydrogen) atoms. The van der Waals surface area contributed by atoms with E-state index in [2.05, 4.69) is 6.58 Å². The zero-order valence-electron chi connectivity index (χ0n) is 8.63. The molecule has 0 rings (SSSR count). The lowest BCUT2D eigenvalue weighted by atomic mass is 10.2. The molecule has 3 nitrogen and oxygen atoms in total. The van der Waals surface area contributed by atoms with Gasteiger partial charge in [0.25, 0.3) is 0 Å². The van der Waals surface area contributed by atoms with Crippen molar-refractivity contribution in [3.8, 4) is 0 Å². The van der Waals surface area contributed by atoms with Crippen molar-refractivity contribution in [3.05, 3.63) is 12.7 Å². The van der Waals surface area contributed by atoms with Crippen molar-refractivity contribution in [2.75, 3.05) is 13.2 Å². The minimum atomic E-state index is -0.407. The average Bonchev–Trinajstić information content (AvgIpc) is 1.94. The standard InChI is InChI=1S/C10H18O3/c1-5-7-12-8-6-9(11)13-10(2,3)4/h5H,1,6-8H2,2-4H3. The number of esters is 1. The van der Waals surface area contributed by atoms with Gasteiger partial charge >= 0.3 is 5.97 Å². The first-order valence-corrected chi connectivity index (χ1v) is 4.36. The Bertz CT molecular complexity index is 167. The molecule has 0 aliphatic carbocycles. The summed E-state index contributed by atoms with van der Waals surface area (Å²) in [6.07, 6.45) is 1.94. The fourth-order valence-corrected chi connectivity index (χ4v) is 0.715. The number of rotatable bonds is 5. The van der Waals surface area contributed by atoms with Gasteiger partial charge in [-0.2, -0.15) is 0 Å². The Morgan fingerprint density at radius 1 is 1.46 bits per heavy atom. The highest BCUT2D eigenvalue weighted by Crippen LogP contribution is 2.07. The van der Waals surface area contributed by atoms with Crippen molar-refractivity contribution in [3.63, 3.8) is 0 Å². The largest absolute Gasteiger partial charge is 0.460 e. The van der Waals surface area contributed by atoms with E-state index in [0.717, 1.165) is 0 Å². The van der Waals surface area contributed by atoms with Crippen LogP contribution in [0.2, 0.25) is 0 Å². The van der Waals surface area contributed by atoms with E-state index in [1.165, 1.54) is 0 Å². The third-order valence-corrected chi connectivity index (χ3v) is 1.11. The van der Waals surface area contributed by atoms with Gasteiger partial charge in [0.2, 0.25) is 0 Å². The van der Waals surface area contributed by atoms with Gasteiger partial charge in [-0.15, -0.1) is 6.58 Å². The second-order valence-electron chi connectivity index (χ2n) is 3.70. The lowest BCUT2D eigenvalue weighted by Crippen LogP contribution is -2.24. The van der Waals surface area contributed by atoms with Gasteiger partial charge in [0.15, 0.2) is 0 Å². The van der Waals surface area contributed by atoms with Gasteiger partial charge in [-0.1, -0.05) is 6.08 Å². The molecule has 0 N–H and O–H groups in total. The minimum Gasteiger partial charge on any atom is -0.460 e. The Labute approximate surface area is 79.7 Å². The van der Waals surface area contributed by atoms with Crippen molar-refractivity contribution in [1.82, 2.24) is 0 Å². The summed E-state index contributed by atoms with van der Waals surface area (Å²) in [5.74, 6) is -0.225. The van der Waals surface area contributed by atoms with Crippen molar-refractivity contribution < 1.29 is 14.3 Å². The van der Waals surface area contributed by atoms with Crippen LogP contribution in [0.4, 0.5) is 0 Å². The van der Waals surface area contributed by atoms with Crippen LogP contribution in [-0.4, -0.2) is 24.8 Å². The van der Waals surface area contributed by atoms with E-state index in [9.17, 15) is 4.79 Å². The van der Waals surface area contributed by atoms with Gasteiger partial charge in [-0.05, 0) is 20.8 Å². The molecule has 0 amide bonds. The summed E-state index contributed by atoms with van der Waals surface area (Å²) in [4.78, 5) is 11.1. The van der Waals surface area contributed by atoms with Gasteiger partial charge in [0.1, 0.15) is 5.60 Å². The van der Waals surface area contributed by atoms with Crippen LogP contribution in [0.3, 0.4) is 0 Å². The number of hydrogen-bond acceptors (Lipinski definition) is 3. The Morgan fingerprint density at radius 3 is 2.54 bits per heavy atom. The number of ether oxygens (including phenoxy) is 2. The molecule has 0 aromatic carbocycles. The molecular weight excluding hydrogens is 168 g/mol. The van der Waals surface area contributed by atoms with Crippen LogP contribution < -0.4 is 0 Å². The normalized spacial score (nSPS) is 11.0. The van der Waals surface area contributed by atoms with Crippen LogP contribution in [0.15, 0.2) is 12.7 Å². The maximum atomic E-state index is 11.1. The summed E-state index contributed by atoms with van der Waals surface area (Å²) >= 11 is 0. The van der Waals surface area contributed by atoms with Crippen LogP contribution in [0.25, 0.3) is 0 Å². The fourth-order valence-electron chi connectivity index (χ4n) is 0.715. The quantitative estimate of drug-likeness (QED) is 0.374. The highest BCUT2D eigenvalue weighted by molar-refractivity contribution is 5.69. The van der Waals surface area contributed by atoms with Crippen LogP contribution in [0, 0.1) is 0 Å². The Balaban J connectivity index is 3.47. The molecule has 0 unspecified atom stereocenters. The maximum absolute atomic E-state index is 11.1. The summed E-state index contributed by atoms with van der Waals surface area (Å²) in [7, 11) is 0. The number of hydrogen-bond donors (Lipinski definition) is 0. The van der Waals surface area contributed by atoms with Crippen molar-refractivity contribution in [2.45, 2.75) is 32.8 Å². The van der Waals surface area contributed by atoms with Crippen LogP contribution in [0.5, 0.6) is 0 Å². The first-order valence-electron chi connectivity index (χ1n) is 4.36. The summed E-state index contributed by atoms with van der Waals surface area (Å²) in [6, 6.07) is 0. The monoisotopic (exact) mass is 186 g/mol. The Kier molecular flexibility index (Phi) is 5.39. The maximum Gasteiger partial charge on any atom is 0.308 e. The van der Waals surface area contributed by atoms with Gasteiger partial charge in [-0.25, -0.2) is 0 Å². The molecule has 0 atom stereocenters. The molecule has 76 valence electrons. The molecule has 3 heteroatoms. The SMILES string of the molecule is C=CCOCCC(=O)OC(C)(C)C. The molecule has 0 aliphatic rings. The van der Waals surface area contributed by atoms with Gasteiger partial charge < -0.3 is 9.47 Å². The molecule has 0 bridgehead atoms. The second kappa shape index (κ2) is 5.75. The van der Waals surface area contributed by atoms with E-state index in [1.54, 1.807) is 6.08 Å². The van der Waals surface area contributed by atoms with E-state index in [0.29, 0.717) is 19.6 Å². The first-order chi connectivity index (χ1) is 5.95. The molecule has 0 saturated carbocycles. The zero-order valence-corrected chi connectivity index (χ0v) is 8.63. The molecule has 0 saturated heterocycles. The van der Waals surface area contributed by atoms with E-state index >= 15 is 0 Å². The summed E-state index contributed by atoms with van der Waals surface area (Å²) in [6.45, 7) is 9.89. The topological polar surface area (TPSA) is 35.5 Å². The van der Waals surface area contributed by atoms with Crippen LogP contribution in [0.1, 0.15) is 27.2 Å². The molecule has 0 spiro atoms. The van der Waals surface area contributed by atoms with Gasteiger partial charge in [-0.3, -0.25) is 4.79 Å². The highest BCUT2D eigenvalue weighted by atomic mass is 16.6. The van der Waals surface area contributed by atoms with Crippen LogP contribution >= 0.6 is 0 Å². The molecule has 0 aromatic rings. The second-order valence-corrected chi connectivity index (χ2v) is 3.70. The third kappa shape index (κ3) is 9.08. The predicted octanol–water partition coefficient (Wildman–Crippen LogP) is 1.92. The van der Waals surface area contributed by atoms with E-state index in [4.69, 9.17) is 9.47 Å². The van der Waals surface area contributed by atoms with Gasteiger partial charge in [0, 0.05) is 0 Å². The van der Waals surface area contributed by atoms with Crippen molar-refractivity contribution in [2.24, 2.45) is 0 Å². The Hall–Kier alpha value is -0.830. The van der Waals surface area contributed by atoms with Crippen molar-refractivity contribution in [1.29, 1.82) is 0 Å². The molecular formula is C10H18O3. The summed E-state index contributed by atoms with van der Waals surface area (Å²) < 4.78 is 10.1.